The van der Waals surface area contributed by atoms with Crippen LogP contribution in [0.25, 0.3) is 0 Å². The minimum Gasteiger partial charge on any atom is -0.327 e. The second-order valence-electron chi connectivity index (χ2n) is 9.36. The third-order valence-corrected chi connectivity index (χ3v) is 8.38. The van der Waals surface area contributed by atoms with E-state index in [0.29, 0.717) is 12.1 Å². The van der Waals surface area contributed by atoms with Gasteiger partial charge in [0.05, 0.1) is 0 Å². The van der Waals surface area contributed by atoms with Crippen LogP contribution >= 0.6 is 0 Å². The summed E-state index contributed by atoms with van der Waals surface area (Å²) in [5, 5.41) is 0. The van der Waals surface area contributed by atoms with Gasteiger partial charge in [0, 0.05) is 12.1 Å². The van der Waals surface area contributed by atoms with E-state index in [1.807, 2.05) is 0 Å². The van der Waals surface area contributed by atoms with Crippen LogP contribution in [-0.2, 0) is 0 Å². The van der Waals surface area contributed by atoms with Crippen molar-refractivity contribution in [3.05, 3.63) is 0 Å². The predicted octanol–water partition coefficient (Wildman–Crippen LogP) is 5.59. The summed E-state index contributed by atoms with van der Waals surface area (Å²) in [4.78, 5) is 0. The van der Waals surface area contributed by atoms with Crippen molar-refractivity contribution in [3.63, 3.8) is 0 Å². The van der Waals surface area contributed by atoms with Gasteiger partial charge in [0.2, 0.25) is 0 Å². The average molecular weight is 351 g/mol. The van der Waals surface area contributed by atoms with Crippen molar-refractivity contribution in [2.24, 2.45) is 52.9 Å². The van der Waals surface area contributed by atoms with Gasteiger partial charge in [0.15, 0.2) is 0 Å². The molecule has 0 aromatic rings. The molecule has 2 heteroatoms. The highest BCUT2D eigenvalue weighted by Crippen LogP contribution is 2.48. The van der Waals surface area contributed by atoms with Gasteiger partial charge in [-0.25, -0.2) is 0 Å². The summed E-state index contributed by atoms with van der Waals surface area (Å²) in [5.41, 5.74) is 13.2. The molecule has 0 amide bonds. The van der Waals surface area contributed by atoms with Crippen LogP contribution in [0.2, 0.25) is 0 Å². The molecule has 25 heavy (non-hydrogen) atoms. The molecule has 2 aliphatic carbocycles. The van der Waals surface area contributed by atoms with Crippen molar-refractivity contribution in [3.8, 4) is 0 Å². The lowest BCUT2D eigenvalue weighted by Gasteiger charge is -2.48. The molecule has 0 aromatic carbocycles. The Kier molecular flexibility index (Phi) is 8.27. The molecule has 2 rings (SSSR count). The van der Waals surface area contributed by atoms with E-state index in [1.54, 1.807) is 0 Å². The van der Waals surface area contributed by atoms with E-state index in [9.17, 15) is 0 Å². The highest BCUT2D eigenvalue weighted by Gasteiger charge is 2.42. The molecule has 0 aromatic heterocycles. The summed E-state index contributed by atoms with van der Waals surface area (Å²) in [6.45, 7) is 11.8. The number of hydrogen-bond acceptors (Lipinski definition) is 2. The van der Waals surface area contributed by atoms with E-state index < -0.39 is 0 Å². The first-order chi connectivity index (χ1) is 12.0. The van der Waals surface area contributed by atoms with Gasteiger partial charge in [-0.05, 0) is 67.1 Å². The Hall–Kier alpha value is -0.0800. The first-order valence-corrected chi connectivity index (χ1v) is 11.5. The standard InChI is InChI=1S/C23H46N2/c1-6-15-11-19(12-16(7-2)22(15)24)21(10-5)20-13-17(8-3)23(25)18(9-4)14-20/h15-23H,6-14,24-25H2,1-5H3. The molecule has 2 nitrogen and oxygen atoms in total. The Morgan fingerprint density at radius 1 is 0.600 bits per heavy atom. The molecule has 0 bridgehead atoms. The highest BCUT2D eigenvalue weighted by atomic mass is 14.7. The van der Waals surface area contributed by atoms with Gasteiger partial charge < -0.3 is 11.5 Å². The molecule has 4 unspecified atom stereocenters. The Balaban J connectivity index is 2.14. The zero-order valence-electron chi connectivity index (χ0n) is 17.7. The molecule has 0 aliphatic heterocycles. The fourth-order valence-electron chi connectivity index (χ4n) is 6.65. The van der Waals surface area contributed by atoms with E-state index in [-0.39, 0.29) is 0 Å². The Labute approximate surface area is 157 Å². The van der Waals surface area contributed by atoms with Crippen molar-refractivity contribution < 1.29 is 0 Å². The summed E-state index contributed by atoms with van der Waals surface area (Å²) in [5.74, 6) is 5.66. The zero-order chi connectivity index (χ0) is 18.6. The van der Waals surface area contributed by atoms with E-state index in [2.05, 4.69) is 34.6 Å². The first kappa shape index (κ1) is 21.2. The van der Waals surface area contributed by atoms with Crippen LogP contribution in [0.5, 0.6) is 0 Å². The maximum atomic E-state index is 6.62. The molecule has 0 spiro atoms. The molecule has 2 fully saturated rings. The van der Waals surface area contributed by atoms with Gasteiger partial charge in [-0.2, -0.15) is 0 Å². The van der Waals surface area contributed by atoms with Gasteiger partial charge in [-0.15, -0.1) is 0 Å². The van der Waals surface area contributed by atoms with Crippen molar-refractivity contribution in [2.45, 2.75) is 104 Å². The van der Waals surface area contributed by atoms with Crippen LogP contribution in [0, 0.1) is 41.4 Å². The van der Waals surface area contributed by atoms with Crippen LogP contribution in [0.1, 0.15) is 92.4 Å². The lowest BCUT2D eigenvalue weighted by Crippen LogP contribution is -2.48. The van der Waals surface area contributed by atoms with Crippen LogP contribution < -0.4 is 11.5 Å². The van der Waals surface area contributed by atoms with E-state index in [4.69, 9.17) is 11.5 Å². The Morgan fingerprint density at radius 3 is 1.08 bits per heavy atom. The number of rotatable bonds is 7. The lowest BCUT2D eigenvalue weighted by atomic mass is 9.59. The SMILES string of the molecule is CCC1CC(C(CC)C2CC(CC)C(N)C(CC)C2)CC(CC)C1N. The molecule has 2 saturated carbocycles. The van der Waals surface area contributed by atoms with Gasteiger partial charge >= 0.3 is 0 Å². The van der Waals surface area contributed by atoms with E-state index >= 15 is 0 Å². The number of hydrogen-bond donors (Lipinski definition) is 2. The molecule has 148 valence electrons. The molecular weight excluding hydrogens is 304 g/mol. The fraction of sp³-hybridized carbons (Fsp3) is 1.00. The molecule has 4 N–H and O–H groups in total. The highest BCUT2D eigenvalue weighted by molar-refractivity contribution is 4.95. The molecule has 0 radical (unpaired) electrons. The van der Waals surface area contributed by atoms with Crippen LogP contribution in [0.15, 0.2) is 0 Å². The van der Waals surface area contributed by atoms with E-state index in [1.165, 1.54) is 57.8 Å². The average Bonchev–Trinajstić information content (AvgIpc) is 2.64. The van der Waals surface area contributed by atoms with Crippen LogP contribution in [0.4, 0.5) is 0 Å². The zero-order valence-corrected chi connectivity index (χ0v) is 17.7. The van der Waals surface area contributed by atoms with Crippen molar-refractivity contribution in [1.29, 1.82) is 0 Å². The smallest absolute Gasteiger partial charge is 0.00956 e. The van der Waals surface area contributed by atoms with Gasteiger partial charge in [0.25, 0.3) is 0 Å². The maximum Gasteiger partial charge on any atom is 0.00956 e. The van der Waals surface area contributed by atoms with Gasteiger partial charge in [-0.3, -0.25) is 0 Å². The fourth-order valence-corrected chi connectivity index (χ4v) is 6.65. The monoisotopic (exact) mass is 350 g/mol. The minimum absolute atomic E-state index is 0.440. The second kappa shape index (κ2) is 9.74. The Bertz CT molecular complexity index is 320. The summed E-state index contributed by atoms with van der Waals surface area (Å²) >= 11 is 0. The minimum atomic E-state index is 0.440. The topological polar surface area (TPSA) is 52.0 Å². The number of nitrogens with two attached hydrogens (primary N) is 2. The lowest BCUT2D eigenvalue weighted by molar-refractivity contribution is 0.0391. The molecule has 0 saturated heterocycles. The van der Waals surface area contributed by atoms with Crippen LogP contribution in [-0.4, -0.2) is 12.1 Å². The second-order valence-corrected chi connectivity index (χ2v) is 9.36. The maximum absolute atomic E-state index is 6.62. The summed E-state index contributed by atoms with van der Waals surface area (Å²) in [6.07, 6.45) is 11.9. The third-order valence-electron chi connectivity index (χ3n) is 8.38. The van der Waals surface area contributed by atoms with Crippen molar-refractivity contribution >= 4 is 0 Å². The first-order valence-electron chi connectivity index (χ1n) is 11.5. The largest absolute Gasteiger partial charge is 0.327 e. The van der Waals surface area contributed by atoms with Gasteiger partial charge in [0.1, 0.15) is 0 Å². The molecule has 2 aliphatic rings. The summed E-state index contributed by atoms with van der Waals surface area (Å²) in [6, 6.07) is 0.880. The normalized spacial score (nSPS) is 43.8. The van der Waals surface area contributed by atoms with Crippen molar-refractivity contribution in [1.82, 2.24) is 0 Å². The van der Waals surface area contributed by atoms with Crippen molar-refractivity contribution in [2.75, 3.05) is 0 Å². The molecule has 4 atom stereocenters. The van der Waals surface area contributed by atoms with E-state index in [0.717, 1.165) is 41.4 Å². The Morgan fingerprint density at radius 2 is 0.880 bits per heavy atom. The third kappa shape index (κ3) is 4.61. The quantitative estimate of drug-likeness (QED) is 0.628. The predicted molar refractivity (Wildman–Crippen MR) is 110 cm³/mol. The molecular formula is C23H46N2. The van der Waals surface area contributed by atoms with Gasteiger partial charge in [-0.1, -0.05) is 66.7 Å². The molecule has 0 heterocycles. The van der Waals surface area contributed by atoms with Crippen LogP contribution in [0.3, 0.4) is 0 Å². The summed E-state index contributed by atoms with van der Waals surface area (Å²) < 4.78 is 0. The summed E-state index contributed by atoms with van der Waals surface area (Å²) in [7, 11) is 0.